The van der Waals surface area contributed by atoms with Crippen molar-refractivity contribution in [2.24, 2.45) is 5.92 Å². The quantitative estimate of drug-likeness (QED) is 0.541. The van der Waals surface area contributed by atoms with Crippen LogP contribution in [0.2, 0.25) is 0 Å². The van der Waals surface area contributed by atoms with E-state index in [9.17, 15) is 4.79 Å². The average molecular weight is 270 g/mol. The summed E-state index contributed by atoms with van der Waals surface area (Å²) in [5, 5.41) is 3.49. The van der Waals surface area contributed by atoms with Crippen molar-refractivity contribution in [3.8, 4) is 0 Å². The molecule has 19 heavy (non-hydrogen) atoms. The van der Waals surface area contributed by atoms with Crippen LogP contribution in [0, 0.1) is 5.92 Å². The van der Waals surface area contributed by atoms with E-state index < -0.39 is 0 Å². The van der Waals surface area contributed by atoms with E-state index in [0.29, 0.717) is 25.1 Å². The van der Waals surface area contributed by atoms with Gasteiger partial charge in [0.05, 0.1) is 13.2 Å². The van der Waals surface area contributed by atoms with Crippen LogP contribution in [0.1, 0.15) is 46.5 Å². The summed E-state index contributed by atoms with van der Waals surface area (Å²) < 4.78 is 5.22. The molecule has 1 atom stereocenters. The summed E-state index contributed by atoms with van der Waals surface area (Å²) in [6.07, 6.45) is 4.49. The first-order chi connectivity index (χ1) is 9.11. The van der Waals surface area contributed by atoms with Gasteiger partial charge in [0.25, 0.3) is 0 Å². The van der Waals surface area contributed by atoms with Gasteiger partial charge in [-0.1, -0.05) is 27.2 Å². The fourth-order valence-electron chi connectivity index (χ4n) is 2.42. The molecule has 0 aromatic carbocycles. The van der Waals surface area contributed by atoms with Crippen molar-refractivity contribution in [1.29, 1.82) is 0 Å². The molecule has 1 N–H and O–H groups in total. The number of hydrogen-bond donors (Lipinski definition) is 1. The van der Waals surface area contributed by atoms with Crippen molar-refractivity contribution in [2.75, 3.05) is 32.8 Å². The predicted octanol–water partition coefficient (Wildman–Crippen LogP) is 2.04. The van der Waals surface area contributed by atoms with E-state index in [4.69, 9.17) is 4.74 Å². The molecular weight excluding hydrogens is 240 g/mol. The Morgan fingerprint density at radius 1 is 1.47 bits per heavy atom. The summed E-state index contributed by atoms with van der Waals surface area (Å²) in [7, 11) is 0. The zero-order chi connectivity index (χ0) is 14.1. The molecule has 4 heteroatoms. The molecule has 1 heterocycles. The standard InChI is InChI=1S/C15H30N2O2/c1-4-5-9-19-15(18)12-17-8-6-7-14(11-17)10-16-13(2)3/h13-14,16H,4-12H2,1-3H3. The van der Waals surface area contributed by atoms with E-state index in [1.165, 1.54) is 12.8 Å². The molecule has 0 amide bonds. The van der Waals surface area contributed by atoms with Crippen molar-refractivity contribution < 1.29 is 9.53 Å². The van der Waals surface area contributed by atoms with Crippen LogP contribution in [0.15, 0.2) is 0 Å². The topological polar surface area (TPSA) is 41.6 Å². The molecule has 1 unspecified atom stereocenters. The van der Waals surface area contributed by atoms with E-state index in [1.54, 1.807) is 0 Å². The minimum absolute atomic E-state index is 0.0640. The minimum Gasteiger partial charge on any atom is -0.465 e. The predicted molar refractivity (Wildman–Crippen MR) is 78.2 cm³/mol. The van der Waals surface area contributed by atoms with Crippen molar-refractivity contribution in [3.05, 3.63) is 0 Å². The van der Waals surface area contributed by atoms with Crippen LogP contribution in [0.4, 0.5) is 0 Å². The lowest BCUT2D eigenvalue weighted by atomic mass is 9.98. The summed E-state index contributed by atoms with van der Waals surface area (Å²) in [4.78, 5) is 13.9. The molecule has 0 radical (unpaired) electrons. The molecule has 4 nitrogen and oxygen atoms in total. The Bertz CT molecular complexity index is 257. The van der Waals surface area contributed by atoms with E-state index in [0.717, 1.165) is 32.5 Å². The SMILES string of the molecule is CCCCOC(=O)CN1CCCC(CNC(C)C)C1. The van der Waals surface area contributed by atoms with Crippen molar-refractivity contribution >= 4 is 5.97 Å². The first-order valence-corrected chi connectivity index (χ1v) is 7.73. The molecule has 1 saturated heterocycles. The molecular formula is C15H30N2O2. The second-order valence-electron chi connectivity index (χ2n) is 5.88. The van der Waals surface area contributed by atoms with Crippen LogP contribution < -0.4 is 5.32 Å². The minimum atomic E-state index is -0.0640. The third-order valence-corrected chi connectivity index (χ3v) is 3.53. The van der Waals surface area contributed by atoms with Crippen LogP contribution in [0.3, 0.4) is 0 Å². The van der Waals surface area contributed by atoms with Gasteiger partial charge in [-0.3, -0.25) is 9.69 Å². The zero-order valence-electron chi connectivity index (χ0n) is 12.8. The number of nitrogens with one attached hydrogen (secondary N) is 1. The lowest BCUT2D eigenvalue weighted by Gasteiger charge is -2.32. The van der Waals surface area contributed by atoms with Gasteiger partial charge in [0.2, 0.25) is 0 Å². The number of carbonyl (C=O) groups is 1. The fraction of sp³-hybridized carbons (Fsp3) is 0.933. The van der Waals surface area contributed by atoms with Gasteiger partial charge in [0, 0.05) is 12.6 Å². The van der Waals surface area contributed by atoms with Crippen LogP contribution >= 0.6 is 0 Å². The van der Waals surface area contributed by atoms with E-state index >= 15 is 0 Å². The Kier molecular flexibility index (Phi) is 8.07. The lowest BCUT2D eigenvalue weighted by Crippen LogP contribution is -2.43. The highest BCUT2D eigenvalue weighted by atomic mass is 16.5. The summed E-state index contributed by atoms with van der Waals surface area (Å²) >= 11 is 0. The molecule has 0 bridgehead atoms. The highest BCUT2D eigenvalue weighted by Crippen LogP contribution is 2.15. The van der Waals surface area contributed by atoms with Gasteiger partial charge >= 0.3 is 5.97 Å². The monoisotopic (exact) mass is 270 g/mol. The number of hydrogen-bond acceptors (Lipinski definition) is 4. The van der Waals surface area contributed by atoms with Crippen molar-refractivity contribution in [3.63, 3.8) is 0 Å². The van der Waals surface area contributed by atoms with Gasteiger partial charge in [-0.25, -0.2) is 0 Å². The Morgan fingerprint density at radius 3 is 2.95 bits per heavy atom. The van der Waals surface area contributed by atoms with Crippen LogP contribution in [0.25, 0.3) is 0 Å². The molecule has 0 aromatic heterocycles. The molecule has 1 aliphatic heterocycles. The lowest BCUT2D eigenvalue weighted by molar-refractivity contribution is -0.145. The Morgan fingerprint density at radius 2 is 2.26 bits per heavy atom. The molecule has 0 spiro atoms. The Balaban J connectivity index is 2.20. The molecule has 1 fully saturated rings. The van der Waals surface area contributed by atoms with Crippen LogP contribution in [0.5, 0.6) is 0 Å². The largest absolute Gasteiger partial charge is 0.465 e. The summed E-state index contributed by atoms with van der Waals surface area (Å²) in [5.74, 6) is 0.602. The zero-order valence-corrected chi connectivity index (χ0v) is 12.8. The molecule has 1 rings (SSSR count). The maximum atomic E-state index is 11.7. The van der Waals surface area contributed by atoms with Crippen LogP contribution in [-0.2, 0) is 9.53 Å². The molecule has 112 valence electrons. The van der Waals surface area contributed by atoms with E-state index in [1.807, 2.05) is 0 Å². The van der Waals surface area contributed by atoms with Gasteiger partial charge in [-0.05, 0) is 38.3 Å². The molecule has 0 aliphatic carbocycles. The number of piperidine rings is 1. The maximum Gasteiger partial charge on any atom is 0.320 e. The Hall–Kier alpha value is -0.610. The number of carbonyl (C=O) groups excluding carboxylic acids is 1. The number of unbranched alkanes of at least 4 members (excludes halogenated alkanes) is 1. The maximum absolute atomic E-state index is 11.7. The second-order valence-corrected chi connectivity index (χ2v) is 5.88. The van der Waals surface area contributed by atoms with Gasteiger partial charge in [0.1, 0.15) is 0 Å². The summed E-state index contributed by atoms with van der Waals surface area (Å²) in [5.41, 5.74) is 0. The second kappa shape index (κ2) is 9.32. The normalized spacial score (nSPS) is 20.7. The van der Waals surface area contributed by atoms with Gasteiger partial charge in [-0.2, -0.15) is 0 Å². The third-order valence-electron chi connectivity index (χ3n) is 3.53. The smallest absolute Gasteiger partial charge is 0.320 e. The average Bonchev–Trinajstić information content (AvgIpc) is 2.37. The van der Waals surface area contributed by atoms with Crippen molar-refractivity contribution in [2.45, 2.75) is 52.5 Å². The first-order valence-electron chi connectivity index (χ1n) is 7.73. The number of likely N-dealkylation sites (tertiary alicyclic amines) is 1. The van der Waals surface area contributed by atoms with Gasteiger partial charge < -0.3 is 10.1 Å². The number of rotatable bonds is 8. The molecule has 0 saturated carbocycles. The van der Waals surface area contributed by atoms with Crippen LogP contribution in [-0.4, -0.2) is 49.7 Å². The highest BCUT2D eigenvalue weighted by Gasteiger charge is 2.21. The van der Waals surface area contributed by atoms with E-state index in [2.05, 4.69) is 31.0 Å². The van der Waals surface area contributed by atoms with Gasteiger partial charge in [-0.15, -0.1) is 0 Å². The first kappa shape index (κ1) is 16.4. The summed E-state index contributed by atoms with van der Waals surface area (Å²) in [6, 6.07) is 0.536. The number of ether oxygens (including phenoxy) is 1. The fourth-order valence-corrected chi connectivity index (χ4v) is 2.42. The Labute approximate surface area is 117 Å². The highest BCUT2D eigenvalue weighted by molar-refractivity contribution is 5.71. The van der Waals surface area contributed by atoms with E-state index in [-0.39, 0.29) is 5.97 Å². The number of esters is 1. The molecule has 0 aromatic rings. The van der Waals surface area contributed by atoms with Gasteiger partial charge in [0.15, 0.2) is 0 Å². The molecule has 1 aliphatic rings. The third kappa shape index (κ3) is 7.53. The number of nitrogens with zero attached hydrogens (tertiary/aromatic N) is 1. The van der Waals surface area contributed by atoms with Crippen molar-refractivity contribution in [1.82, 2.24) is 10.2 Å². The summed E-state index contributed by atoms with van der Waals surface area (Å²) in [6.45, 7) is 10.6.